The van der Waals surface area contributed by atoms with Gasteiger partial charge in [-0.25, -0.2) is 4.99 Å². The smallest absolute Gasteiger partial charge is 0.274 e. The van der Waals surface area contributed by atoms with E-state index in [1.54, 1.807) is 18.2 Å². The van der Waals surface area contributed by atoms with Crippen LogP contribution in [0.25, 0.3) is 0 Å². The zero-order valence-electron chi connectivity index (χ0n) is 16.9. The molecule has 0 atom stereocenters. The van der Waals surface area contributed by atoms with Gasteiger partial charge < -0.3 is 10.6 Å². The topological polar surface area (TPSA) is 82.8 Å². The summed E-state index contributed by atoms with van der Waals surface area (Å²) in [6.45, 7) is 7.02. The second kappa shape index (κ2) is 10.6. The van der Waals surface area contributed by atoms with Crippen molar-refractivity contribution in [3.05, 3.63) is 75.3 Å². The lowest BCUT2D eigenvalue weighted by atomic mass is 10.1. The molecule has 0 saturated carbocycles. The highest BCUT2D eigenvalue weighted by Crippen LogP contribution is 2.17. The van der Waals surface area contributed by atoms with Crippen molar-refractivity contribution in [3.63, 3.8) is 0 Å². The van der Waals surface area contributed by atoms with Crippen LogP contribution in [0.2, 0.25) is 0 Å². The number of nitro benzene ring substituents is 1. The average Bonchev–Trinajstić information content (AvgIpc) is 3.24. The van der Waals surface area contributed by atoms with Gasteiger partial charge in [0.25, 0.3) is 5.69 Å². The Labute approximate surface area is 172 Å². The first kappa shape index (κ1) is 20.8. The van der Waals surface area contributed by atoms with Crippen molar-refractivity contribution >= 4 is 11.6 Å². The number of para-hydroxylation sites is 1. The fourth-order valence-electron chi connectivity index (χ4n) is 3.48. The maximum Gasteiger partial charge on any atom is 0.274 e. The van der Waals surface area contributed by atoms with Gasteiger partial charge in [-0.05, 0) is 44.0 Å². The van der Waals surface area contributed by atoms with Crippen LogP contribution < -0.4 is 10.6 Å². The second-order valence-corrected chi connectivity index (χ2v) is 7.23. The molecule has 3 rings (SSSR count). The summed E-state index contributed by atoms with van der Waals surface area (Å²) in [5.41, 5.74) is 3.22. The van der Waals surface area contributed by atoms with Gasteiger partial charge in [-0.3, -0.25) is 15.0 Å². The van der Waals surface area contributed by atoms with E-state index in [2.05, 4.69) is 44.8 Å². The Kier molecular flexibility index (Phi) is 7.58. The molecule has 1 aliphatic rings. The van der Waals surface area contributed by atoms with Crippen molar-refractivity contribution < 1.29 is 4.92 Å². The summed E-state index contributed by atoms with van der Waals surface area (Å²) in [4.78, 5) is 17.9. The normalized spacial score (nSPS) is 14.7. The number of benzene rings is 2. The third-order valence-corrected chi connectivity index (χ3v) is 5.03. The SMILES string of the molecule is CCNC(=NCc1ccc(CN2CCCC2)cc1)NCc1ccccc1[N+](=O)[O-]. The standard InChI is InChI=1S/C22H29N5O2/c1-2-23-22(25-16-20-7-3-4-8-21(20)27(28)29)24-15-18-9-11-19(12-10-18)17-26-13-5-6-14-26/h3-4,7-12H,2,5-6,13-17H2,1H3,(H2,23,24,25). The van der Waals surface area contributed by atoms with Gasteiger partial charge in [-0.2, -0.15) is 0 Å². The average molecular weight is 396 g/mol. The van der Waals surface area contributed by atoms with Crippen molar-refractivity contribution in [1.29, 1.82) is 0 Å². The number of likely N-dealkylation sites (tertiary alicyclic amines) is 1. The van der Waals surface area contributed by atoms with Gasteiger partial charge in [-0.15, -0.1) is 0 Å². The highest BCUT2D eigenvalue weighted by molar-refractivity contribution is 5.79. The number of hydrogen-bond donors (Lipinski definition) is 2. The number of nitrogens with zero attached hydrogens (tertiary/aromatic N) is 3. The molecule has 1 aliphatic heterocycles. The first-order chi connectivity index (χ1) is 14.2. The Hall–Kier alpha value is -2.93. The van der Waals surface area contributed by atoms with Gasteiger partial charge in [0.1, 0.15) is 0 Å². The molecule has 7 heteroatoms. The van der Waals surface area contributed by atoms with Gasteiger partial charge in [0, 0.05) is 31.3 Å². The highest BCUT2D eigenvalue weighted by atomic mass is 16.6. The summed E-state index contributed by atoms with van der Waals surface area (Å²) in [5, 5.41) is 17.6. The molecule has 29 heavy (non-hydrogen) atoms. The van der Waals surface area contributed by atoms with Crippen LogP contribution in [0.4, 0.5) is 5.69 Å². The summed E-state index contributed by atoms with van der Waals surface area (Å²) < 4.78 is 0. The summed E-state index contributed by atoms with van der Waals surface area (Å²) >= 11 is 0. The highest BCUT2D eigenvalue weighted by Gasteiger charge is 2.13. The predicted octanol–water partition coefficient (Wildman–Crippen LogP) is 3.45. The number of hydrogen-bond acceptors (Lipinski definition) is 4. The maximum atomic E-state index is 11.2. The third-order valence-electron chi connectivity index (χ3n) is 5.03. The maximum absolute atomic E-state index is 11.2. The molecule has 1 fully saturated rings. The monoisotopic (exact) mass is 395 g/mol. The van der Waals surface area contributed by atoms with Crippen molar-refractivity contribution in [2.75, 3.05) is 19.6 Å². The van der Waals surface area contributed by atoms with E-state index in [0.717, 1.165) is 18.7 Å². The minimum Gasteiger partial charge on any atom is -0.357 e. The molecule has 2 aromatic rings. The zero-order chi connectivity index (χ0) is 20.5. The lowest BCUT2D eigenvalue weighted by Gasteiger charge is -2.14. The lowest BCUT2D eigenvalue weighted by Crippen LogP contribution is -2.36. The van der Waals surface area contributed by atoms with Crippen molar-refractivity contribution in [3.8, 4) is 0 Å². The molecule has 0 radical (unpaired) electrons. The number of nitro groups is 1. The Morgan fingerprint density at radius 1 is 1.07 bits per heavy atom. The van der Waals surface area contributed by atoms with Gasteiger partial charge in [0.15, 0.2) is 5.96 Å². The van der Waals surface area contributed by atoms with Crippen LogP contribution in [0.1, 0.15) is 36.5 Å². The van der Waals surface area contributed by atoms with Crippen molar-refractivity contribution in [2.45, 2.75) is 39.4 Å². The summed E-state index contributed by atoms with van der Waals surface area (Å²) in [5.74, 6) is 0.645. The molecule has 2 aromatic carbocycles. The first-order valence-electron chi connectivity index (χ1n) is 10.2. The largest absolute Gasteiger partial charge is 0.357 e. The van der Waals surface area contributed by atoms with E-state index in [1.165, 1.54) is 37.6 Å². The van der Waals surface area contributed by atoms with E-state index in [0.29, 0.717) is 24.6 Å². The zero-order valence-corrected chi connectivity index (χ0v) is 16.9. The molecule has 2 N–H and O–H groups in total. The Balaban J connectivity index is 1.58. The molecule has 0 amide bonds. The second-order valence-electron chi connectivity index (χ2n) is 7.23. The Morgan fingerprint density at radius 2 is 1.76 bits per heavy atom. The van der Waals surface area contributed by atoms with Crippen LogP contribution in [0.3, 0.4) is 0 Å². The predicted molar refractivity (Wildman–Crippen MR) is 116 cm³/mol. The van der Waals surface area contributed by atoms with Gasteiger partial charge >= 0.3 is 0 Å². The van der Waals surface area contributed by atoms with Crippen LogP contribution in [0.5, 0.6) is 0 Å². The molecule has 0 spiro atoms. The van der Waals surface area contributed by atoms with E-state index >= 15 is 0 Å². The minimum absolute atomic E-state index is 0.115. The molecule has 0 aromatic heterocycles. The van der Waals surface area contributed by atoms with Crippen LogP contribution >= 0.6 is 0 Å². The Bertz CT molecular complexity index is 829. The summed E-state index contributed by atoms with van der Waals surface area (Å²) in [7, 11) is 0. The van der Waals surface area contributed by atoms with E-state index in [9.17, 15) is 10.1 Å². The molecule has 154 valence electrons. The molecular formula is C22H29N5O2. The summed E-state index contributed by atoms with van der Waals surface area (Å²) in [6.07, 6.45) is 2.61. The molecule has 7 nitrogen and oxygen atoms in total. The van der Waals surface area contributed by atoms with Crippen LogP contribution in [-0.2, 0) is 19.6 Å². The summed E-state index contributed by atoms with van der Waals surface area (Å²) in [6, 6.07) is 15.4. The fraction of sp³-hybridized carbons (Fsp3) is 0.409. The molecule has 1 heterocycles. The molecular weight excluding hydrogens is 366 g/mol. The minimum atomic E-state index is -0.356. The molecule has 0 aliphatic carbocycles. The number of aliphatic imine (C=N–C) groups is 1. The molecule has 1 saturated heterocycles. The van der Waals surface area contributed by atoms with Crippen LogP contribution in [0, 0.1) is 10.1 Å². The van der Waals surface area contributed by atoms with Crippen LogP contribution in [0.15, 0.2) is 53.5 Å². The molecule has 0 unspecified atom stereocenters. The van der Waals surface area contributed by atoms with E-state index in [4.69, 9.17) is 0 Å². The van der Waals surface area contributed by atoms with Gasteiger partial charge in [-0.1, -0.05) is 42.5 Å². The van der Waals surface area contributed by atoms with E-state index < -0.39 is 0 Å². The van der Waals surface area contributed by atoms with Crippen molar-refractivity contribution in [2.24, 2.45) is 4.99 Å². The van der Waals surface area contributed by atoms with Crippen LogP contribution in [-0.4, -0.2) is 35.4 Å². The van der Waals surface area contributed by atoms with Gasteiger partial charge in [0.2, 0.25) is 0 Å². The molecule has 0 bridgehead atoms. The van der Waals surface area contributed by atoms with Crippen molar-refractivity contribution in [1.82, 2.24) is 15.5 Å². The number of guanidine groups is 1. The lowest BCUT2D eigenvalue weighted by molar-refractivity contribution is -0.385. The number of nitrogens with one attached hydrogen (secondary N) is 2. The number of rotatable bonds is 8. The first-order valence-corrected chi connectivity index (χ1v) is 10.2. The van der Waals surface area contributed by atoms with E-state index in [-0.39, 0.29) is 10.6 Å². The Morgan fingerprint density at radius 3 is 2.45 bits per heavy atom. The van der Waals surface area contributed by atoms with Gasteiger partial charge in [0.05, 0.1) is 11.5 Å². The fourth-order valence-corrected chi connectivity index (χ4v) is 3.48. The third kappa shape index (κ3) is 6.29. The quantitative estimate of drug-likeness (QED) is 0.310. The van der Waals surface area contributed by atoms with E-state index in [1.807, 2.05) is 6.92 Å².